The van der Waals surface area contributed by atoms with Crippen molar-refractivity contribution >= 4 is 32.9 Å². The fourth-order valence-electron chi connectivity index (χ4n) is 3.20. The number of aryl methyl sites for hydroxylation is 2. The Hall–Kier alpha value is -1.86. The van der Waals surface area contributed by atoms with Gasteiger partial charge in [-0.15, -0.1) is 0 Å². The van der Waals surface area contributed by atoms with E-state index in [0.717, 1.165) is 22.6 Å². The van der Waals surface area contributed by atoms with Crippen molar-refractivity contribution in [3.05, 3.63) is 53.5 Å². The van der Waals surface area contributed by atoms with E-state index in [1.54, 1.807) is 6.26 Å². The van der Waals surface area contributed by atoms with Crippen molar-refractivity contribution in [3.63, 3.8) is 0 Å². The second kappa shape index (κ2) is 7.17. The molecule has 1 aromatic heterocycles. The molecule has 25 heavy (non-hydrogen) atoms. The molecule has 0 unspecified atom stereocenters. The number of hydrogen-bond acceptors (Lipinski definition) is 4. The summed E-state index contributed by atoms with van der Waals surface area (Å²) in [6.45, 7) is 4.51. The Kier molecular flexibility index (Phi) is 5.15. The van der Waals surface area contributed by atoms with Crippen LogP contribution in [0.2, 0.25) is 0 Å². The van der Waals surface area contributed by atoms with E-state index < -0.39 is 9.84 Å². The molecule has 5 nitrogen and oxygen atoms in total. The second-order valence-electron chi connectivity index (χ2n) is 6.57. The number of benzene rings is 1. The molecule has 0 radical (unpaired) electrons. The van der Waals surface area contributed by atoms with E-state index in [1.807, 2.05) is 43.0 Å². The number of rotatable bonds is 4. The maximum atomic E-state index is 11.9. The highest BCUT2D eigenvalue weighted by Gasteiger charge is 2.34. The van der Waals surface area contributed by atoms with Crippen LogP contribution in [0, 0.1) is 13.8 Å². The number of nitrogens with one attached hydrogen (secondary N) is 1. The van der Waals surface area contributed by atoms with Gasteiger partial charge in [0.1, 0.15) is 5.76 Å². The van der Waals surface area contributed by atoms with Gasteiger partial charge in [0.25, 0.3) is 0 Å². The zero-order valence-corrected chi connectivity index (χ0v) is 16.0. The molecular formula is C18H22N2O3S2. The van der Waals surface area contributed by atoms with Crippen LogP contribution in [0.3, 0.4) is 0 Å². The highest BCUT2D eigenvalue weighted by Crippen LogP contribution is 2.22. The lowest BCUT2D eigenvalue weighted by Gasteiger charge is -2.30. The first-order chi connectivity index (χ1) is 11.8. The van der Waals surface area contributed by atoms with Crippen LogP contribution in [-0.4, -0.2) is 36.0 Å². The van der Waals surface area contributed by atoms with E-state index in [9.17, 15) is 8.42 Å². The minimum absolute atomic E-state index is 0.127. The molecule has 1 aromatic carbocycles. The van der Waals surface area contributed by atoms with Crippen LogP contribution in [-0.2, 0) is 16.4 Å². The predicted molar refractivity (Wildman–Crippen MR) is 103 cm³/mol. The molecule has 1 saturated heterocycles. The van der Waals surface area contributed by atoms with Gasteiger partial charge in [0, 0.05) is 11.7 Å². The quantitative estimate of drug-likeness (QED) is 0.824. The lowest BCUT2D eigenvalue weighted by Crippen LogP contribution is -2.42. The zero-order valence-electron chi connectivity index (χ0n) is 14.4. The van der Waals surface area contributed by atoms with Crippen LogP contribution in [0.15, 0.2) is 41.0 Å². The Balaban J connectivity index is 1.81. The monoisotopic (exact) mass is 378 g/mol. The molecule has 0 spiro atoms. The summed E-state index contributed by atoms with van der Waals surface area (Å²) in [6, 6.07) is 9.69. The van der Waals surface area contributed by atoms with Crippen molar-refractivity contribution in [1.82, 2.24) is 4.90 Å². The topological polar surface area (TPSA) is 62.6 Å². The zero-order chi connectivity index (χ0) is 18.0. The minimum Gasteiger partial charge on any atom is -0.467 e. The van der Waals surface area contributed by atoms with E-state index >= 15 is 0 Å². The molecule has 1 atom stereocenters. The number of furan rings is 1. The summed E-state index contributed by atoms with van der Waals surface area (Å²) < 4.78 is 29.2. The summed E-state index contributed by atoms with van der Waals surface area (Å²) in [5, 5.41) is 3.78. The maximum Gasteiger partial charge on any atom is 0.174 e. The fraction of sp³-hybridized carbons (Fsp3) is 0.389. The van der Waals surface area contributed by atoms with Gasteiger partial charge in [-0.1, -0.05) is 6.07 Å². The van der Waals surface area contributed by atoms with Crippen molar-refractivity contribution in [3.8, 4) is 0 Å². The molecule has 3 rings (SSSR count). The smallest absolute Gasteiger partial charge is 0.174 e. The number of nitrogens with zero attached hydrogens (tertiary/aromatic N) is 1. The van der Waals surface area contributed by atoms with Crippen molar-refractivity contribution in [2.45, 2.75) is 32.9 Å². The van der Waals surface area contributed by atoms with E-state index in [1.165, 1.54) is 0 Å². The third-order valence-electron chi connectivity index (χ3n) is 4.29. The van der Waals surface area contributed by atoms with Crippen molar-refractivity contribution in [2.24, 2.45) is 0 Å². The summed E-state index contributed by atoms with van der Waals surface area (Å²) in [5.41, 5.74) is 3.20. The molecule has 1 aliphatic rings. The molecule has 0 amide bonds. The number of thiocarbonyl (C=S) groups is 1. The molecule has 1 N–H and O–H groups in total. The Morgan fingerprint density at radius 1 is 1.32 bits per heavy atom. The molecule has 0 aliphatic carbocycles. The normalized spacial score (nSPS) is 18.9. The molecule has 1 fully saturated rings. The lowest BCUT2D eigenvalue weighted by molar-refractivity contribution is 0.302. The number of anilines is 1. The third-order valence-corrected chi connectivity index (χ3v) is 6.38. The van der Waals surface area contributed by atoms with Crippen LogP contribution >= 0.6 is 12.2 Å². The van der Waals surface area contributed by atoms with Gasteiger partial charge in [0.2, 0.25) is 0 Å². The highest BCUT2D eigenvalue weighted by molar-refractivity contribution is 7.91. The van der Waals surface area contributed by atoms with Crippen molar-refractivity contribution in [1.29, 1.82) is 0 Å². The Morgan fingerprint density at radius 2 is 2.04 bits per heavy atom. The average Bonchev–Trinajstić information content (AvgIpc) is 3.12. The summed E-state index contributed by atoms with van der Waals surface area (Å²) in [4.78, 5) is 1.93. The van der Waals surface area contributed by atoms with E-state index in [0.29, 0.717) is 18.1 Å². The summed E-state index contributed by atoms with van der Waals surface area (Å²) in [6.07, 6.45) is 2.19. The number of hydrogen-bond donors (Lipinski definition) is 1. The SMILES string of the molecule is Cc1cc(C)cc(NC(=S)N(Cc2ccco2)[C@H]2CCS(=O)(=O)C2)c1. The summed E-state index contributed by atoms with van der Waals surface area (Å²) in [5.74, 6) is 1.09. The second-order valence-corrected chi connectivity index (χ2v) is 9.19. The van der Waals surface area contributed by atoms with E-state index in [-0.39, 0.29) is 17.5 Å². The summed E-state index contributed by atoms with van der Waals surface area (Å²) >= 11 is 5.61. The van der Waals surface area contributed by atoms with Crippen LogP contribution in [0.5, 0.6) is 0 Å². The Labute approximate surface area is 153 Å². The van der Waals surface area contributed by atoms with E-state index in [2.05, 4.69) is 11.4 Å². The van der Waals surface area contributed by atoms with Crippen LogP contribution in [0.1, 0.15) is 23.3 Å². The standard InChI is InChI=1S/C18H22N2O3S2/c1-13-8-14(2)10-15(9-13)19-18(24)20(11-17-4-3-6-23-17)16-5-7-25(21,22)12-16/h3-4,6,8-10,16H,5,7,11-12H2,1-2H3,(H,19,24)/t16-/m0/s1. The molecule has 1 aliphatic heterocycles. The molecule has 134 valence electrons. The number of sulfone groups is 1. The Morgan fingerprint density at radius 3 is 2.60 bits per heavy atom. The van der Waals surface area contributed by atoms with Gasteiger partial charge >= 0.3 is 0 Å². The summed E-state index contributed by atoms with van der Waals surface area (Å²) in [7, 11) is -3.00. The first-order valence-corrected chi connectivity index (χ1v) is 10.4. The molecule has 0 bridgehead atoms. The van der Waals surface area contributed by atoms with Gasteiger partial charge in [0.15, 0.2) is 14.9 Å². The van der Waals surface area contributed by atoms with Crippen LogP contribution in [0.25, 0.3) is 0 Å². The molecule has 0 saturated carbocycles. The largest absolute Gasteiger partial charge is 0.467 e. The van der Waals surface area contributed by atoms with Crippen LogP contribution in [0.4, 0.5) is 5.69 Å². The fourth-order valence-corrected chi connectivity index (χ4v) is 5.26. The predicted octanol–water partition coefficient (Wildman–Crippen LogP) is 3.28. The van der Waals surface area contributed by atoms with E-state index in [4.69, 9.17) is 16.6 Å². The van der Waals surface area contributed by atoms with Gasteiger partial charge in [-0.05, 0) is 67.9 Å². The van der Waals surface area contributed by atoms with Gasteiger partial charge < -0.3 is 14.6 Å². The minimum atomic E-state index is -3.00. The first kappa shape index (κ1) is 17.9. The lowest BCUT2D eigenvalue weighted by atomic mass is 10.1. The van der Waals surface area contributed by atoms with Gasteiger partial charge in [0.05, 0.1) is 24.3 Å². The highest BCUT2D eigenvalue weighted by atomic mass is 32.2. The molecule has 2 aromatic rings. The van der Waals surface area contributed by atoms with Crippen molar-refractivity contribution < 1.29 is 12.8 Å². The first-order valence-electron chi connectivity index (χ1n) is 8.21. The average molecular weight is 379 g/mol. The molecule has 2 heterocycles. The van der Waals surface area contributed by atoms with Gasteiger partial charge in [-0.25, -0.2) is 8.42 Å². The van der Waals surface area contributed by atoms with Gasteiger partial charge in [-0.3, -0.25) is 0 Å². The molecular weight excluding hydrogens is 356 g/mol. The Bertz CT molecular complexity index is 840. The van der Waals surface area contributed by atoms with Crippen LogP contribution < -0.4 is 5.32 Å². The van der Waals surface area contributed by atoms with Gasteiger partial charge in [-0.2, -0.15) is 0 Å². The van der Waals surface area contributed by atoms with Crippen molar-refractivity contribution in [2.75, 3.05) is 16.8 Å². The molecule has 7 heteroatoms. The maximum absolute atomic E-state index is 11.9. The third kappa shape index (κ3) is 4.61.